The van der Waals surface area contributed by atoms with Gasteiger partial charge in [0.1, 0.15) is 41.3 Å². The van der Waals surface area contributed by atoms with E-state index in [-0.39, 0.29) is 56.2 Å². The average molecular weight is 1190 g/mol. The van der Waals surface area contributed by atoms with Crippen molar-refractivity contribution >= 4 is 63.4 Å². The number of halogens is 1. The van der Waals surface area contributed by atoms with Crippen LogP contribution in [0.15, 0.2) is 83.8 Å². The molecule has 0 unspecified atom stereocenters. The van der Waals surface area contributed by atoms with Gasteiger partial charge in [0.25, 0.3) is 0 Å². The number of β-amino-alcohol motifs (C(OH)–C–C–N with tert-alkyl or cyclic N) is 1. The minimum absolute atomic E-state index is 0.0734. The molecule has 4 atom stereocenters. The van der Waals surface area contributed by atoms with E-state index in [2.05, 4.69) is 46.2 Å². The number of amides is 3. The third kappa shape index (κ3) is 14.9. The van der Waals surface area contributed by atoms with Crippen molar-refractivity contribution < 1.29 is 47.9 Å². The summed E-state index contributed by atoms with van der Waals surface area (Å²) < 4.78 is 36.9. The van der Waals surface area contributed by atoms with E-state index in [0.29, 0.717) is 95.8 Å². The summed E-state index contributed by atoms with van der Waals surface area (Å²) in [4.78, 5) is 57.0. The Morgan fingerprint density at radius 3 is 2.16 bits per heavy atom. The number of nitrogens with zero attached hydrogens (tertiary/aromatic N) is 7. The van der Waals surface area contributed by atoms with Crippen LogP contribution in [0.5, 0.6) is 5.75 Å². The molecule has 3 aliphatic heterocycles. The first-order valence-electron chi connectivity index (χ1n) is 28.2. The molecule has 3 amide bonds. The average Bonchev–Trinajstić information content (AvgIpc) is 4.36. The minimum Gasteiger partial charge on any atom is -0.491 e. The number of aliphatic hydroxyl groups is 1. The van der Waals surface area contributed by atoms with Gasteiger partial charge in [0.15, 0.2) is 5.82 Å². The van der Waals surface area contributed by atoms with Crippen LogP contribution in [-0.4, -0.2) is 162 Å². The predicted molar refractivity (Wildman–Crippen MR) is 320 cm³/mol. The molecule has 0 bridgehead atoms. The van der Waals surface area contributed by atoms with Crippen molar-refractivity contribution in [3.05, 3.63) is 139 Å². The van der Waals surface area contributed by atoms with Gasteiger partial charge in [-0.05, 0) is 68.5 Å². The Balaban J connectivity index is 0.633. The molecule has 3 aromatic heterocycles. The number of carbonyl (C=O) groups is 3. The number of aliphatic hydroxyl groups excluding tert-OH is 1. The molecule has 0 aliphatic carbocycles. The van der Waals surface area contributed by atoms with Gasteiger partial charge in [-0.2, -0.15) is 0 Å². The second-order valence-corrected chi connectivity index (χ2v) is 23.5. The monoisotopic (exact) mass is 1190 g/mol. The van der Waals surface area contributed by atoms with Gasteiger partial charge in [-0.3, -0.25) is 23.9 Å². The summed E-state index contributed by atoms with van der Waals surface area (Å²) in [5, 5.41) is 27.3. The second kappa shape index (κ2) is 28.9. The van der Waals surface area contributed by atoms with Gasteiger partial charge in [0.05, 0.1) is 100 Å². The van der Waals surface area contributed by atoms with Crippen molar-refractivity contribution in [2.75, 3.05) is 85.8 Å². The lowest BCUT2D eigenvalue weighted by atomic mass is 9.99. The first kappa shape index (κ1) is 61.2. The normalized spacial score (nSPS) is 16.9. The summed E-state index contributed by atoms with van der Waals surface area (Å²) in [7, 11) is 0. The van der Waals surface area contributed by atoms with Gasteiger partial charge in [-0.1, -0.05) is 80.6 Å². The zero-order valence-corrected chi connectivity index (χ0v) is 50.4. The molecule has 442 valence electrons. The molecule has 0 radical (unpaired) electrons. The molecule has 83 heavy (non-hydrogen) atoms. The summed E-state index contributed by atoms with van der Waals surface area (Å²) in [6.45, 7) is 21.4. The Hall–Kier alpha value is -6.40. The number of fused-ring (bicyclic) bond motifs is 4. The van der Waals surface area contributed by atoms with Crippen LogP contribution in [0.2, 0.25) is 5.02 Å². The quantitative estimate of drug-likeness (QED) is 0.0380. The second-order valence-electron chi connectivity index (χ2n) is 21.0. The topological polar surface area (TPSA) is 213 Å². The van der Waals surface area contributed by atoms with Crippen LogP contribution in [-0.2, 0) is 51.2 Å². The Labute approximate surface area is 498 Å². The van der Waals surface area contributed by atoms with Gasteiger partial charge in [-0.25, -0.2) is 4.98 Å². The van der Waals surface area contributed by atoms with E-state index in [1.807, 2.05) is 104 Å². The number of thiazole rings is 1. The number of nitrogens with one attached hydrogen (secondary N) is 2. The van der Waals surface area contributed by atoms with Crippen LogP contribution < -0.4 is 15.4 Å². The van der Waals surface area contributed by atoms with E-state index < -0.39 is 24.2 Å². The van der Waals surface area contributed by atoms with Crippen LogP contribution >= 0.6 is 34.3 Å². The summed E-state index contributed by atoms with van der Waals surface area (Å²) >= 11 is 9.45. The maximum Gasteiger partial charge on any atom is 0.246 e. The Morgan fingerprint density at radius 2 is 1.49 bits per heavy atom. The molecule has 3 aromatic carbocycles. The number of hydrogen-bond donors (Lipinski definition) is 3. The molecule has 3 aliphatic rings. The zero-order chi connectivity index (χ0) is 58.6. The Morgan fingerprint density at radius 1 is 0.831 bits per heavy atom. The van der Waals surface area contributed by atoms with E-state index in [9.17, 15) is 19.5 Å². The molecule has 9 rings (SSSR count). The van der Waals surface area contributed by atoms with E-state index >= 15 is 0 Å². The number of ether oxygens (including phenoxy) is 6. The number of hydrogen-bond acceptors (Lipinski definition) is 17. The highest BCUT2D eigenvalue weighted by molar-refractivity contribution is 7.15. The number of aryl methyl sites for hydroxylation is 3. The highest BCUT2D eigenvalue weighted by atomic mass is 35.5. The lowest BCUT2D eigenvalue weighted by Gasteiger charge is -2.36. The summed E-state index contributed by atoms with van der Waals surface area (Å²) in [6.07, 6.45) is -0.593. The van der Waals surface area contributed by atoms with Crippen molar-refractivity contribution in [2.24, 2.45) is 10.9 Å². The lowest BCUT2D eigenvalue weighted by Crippen LogP contribution is -2.54. The molecule has 0 saturated carbocycles. The van der Waals surface area contributed by atoms with Crippen molar-refractivity contribution in [1.29, 1.82) is 0 Å². The summed E-state index contributed by atoms with van der Waals surface area (Å²) in [5.41, 5.74) is 11.2. The summed E-state index contributed by atoms with van der Waals surface area (Å²) in [5.74, 6) is 1.15. The molecule has 19 nitrogen and oxygen atoms in total. The number of benzene rings is 3. The minimum atomic E-state index is -0.838. The predicted octanol–water partition coefficient (Wildman–Crippen LogP) is 7.99. The first-order chi connectivity index (χ1) is 40.2. The molecule has 1 fully saturated rings. The third-order valence-corrected chi connectivity index (χ3v) is 17.3. The van der Waals surface area contributed by atoms with Crippen molar-refractivity contribution in [3.8, 4) is 21.2 Å². The number of aliphatic imine (C=N–C) groups is 1. The summed E-state index contributed by atoms with van der Waals surface area (Å²) in [6, 6.07) is 19.5. The largest absolute Gasteiger partial charge is 0.491 e. The number of rotatable bonds is 29. The number of thiophene rings is 1. The SMILES string of the molecule is C=C1c2ccccc2CN1[C@H](C(=O)N1C[C@H](O)C[C@H]1C(=O)NCc1ccc(-c2scnc2C)cc1OCCOCCOCCOCCOCCOCCNC(=O)C[C@@H]1N=C(c2ccc(Cl)cc2)c2c(sc(C)c2C)-n2c(C)nnc21)C(C)C. The zero-order valence-electron chi connectivity index (χ0n) is 48.0. The van der Waals surface area contributed by atoms with Crippen LogP contribution in [0, 0.1) is 33.6 Å². The van der Waals surface area contributed by atoms with E-state index in [0.717, 1.165) is 71.7 Å². The number of likely N-dealkylation sites (tertiary alicyclic amines) is 1. The highest BCUT2D eigenvalue weighted by Crippen LogP contribution is 2.41. The maximum atomic E-state index is 14.4. The Bertz CT molecular complexity index is 3250. The molecule has 0 spiro atoms. The third-order valence-electron chi connectivity index (χ3n) is 14.9. The molecule has 6 heterocycles. The van der Waals surface area contributed by atoms with Crippen LogP contribution in [0.3, 0.4) is 0 Å². The van der Waals surface area contributed by atoms with Crippen molar-refractivity contribution in [3.63, 3.8) is 0 Å². The molecule has 22 heteroatoms. The van der Waals surface area contributed by atoms with Gasteiger partial charge in [0.2, 0.25) is 17.7 Å². The van der Waals surface area contributed by atoms with Gasteiger partial charge >= 0.3 is 0 Å². The maximum absolute atomic E-state index is 14.4. The van der Waals surface area contributed by atoms with Gasteiger partial charge < -0.3 is 54.0 Å². The lowest BCUT2D eigenvalue weighted by molar-refractivity contribution is -0.143. The van der Waals surface area contributed by atoms with Crippen molar-refractivity contribution in [2.45, 2.75) is 91.7 Å². The van der Waals surface area contributed by atoms with Crippen LogP contribution in [0.1, 0.15) is 88.3 Å². The van der Waals surface area contributed by atoms with Crippen molar-refractivity contribution in [1.82, 2.24) is 40.2 Å². The fourth-order valence-corrected chi connectivity index (χ4v) is 12.7. The molecule has 1 saturated heterocycles. The standard InChI is InChI=1S/C61H74ClN9O10S2/c1-37(2)56(69-34-46-10-8-9-11-49(46)40(69)5)60(75)70-35-48(72)31-51(70)59(74)64-33-45-13-12-44(57-39(4)65-36-82-57)30-52(45)81-29-28-80-27-26-79-25-24-78-23-22-77-21-20-76-19-18-63-53(73)32-50-58-68-67-42(7)71(58)61-54(38(3)41(6)83-61)55(66-50)43-14-16-47(62)17-15-43/h8-17,30,36-37,48,50-51,56,72H,5,18-29,31-35H2,1-4,6-7H3,(H,63,73)(H,64,74)/t48-,50+,51+,56+/m1/s1. The van der Waals surface area contributed by atoms with E-state index in [1.54, 1.807) is 16.8 Å². The fourth-order valence-electron chi connectivity index (χ4n) is 10.6. The number of carbonyl (C=O) groups excluding carboxylic acids is 3. The van der Waals surface area contributed by atoms with Gasteiger partial charge in [-0.15, -0.1) is 32.9 Å². The Kier molecular flexibility index (Phi) is 21.3. The van der Waals surface area contributed by atoms with Crippen LogP contribution in [0.4, 0.5) is 0 Å². The fraction of sp³-hybridized carbons (Fsp3) is 0.459. The van der Waals surface area contributed by atoms with Crippen LogP contribution in [0.25, 0.3) is 21.1 Å². The molecule has 3 N–H and O–H groups in total. The molecular weight excluding hydrogens is 1120 g/mol. The molecule has 6 aromatic rings. The highest BCUT2D eigenvalue weighted by Gasteiger charge is 2.45. The number of aromatic nitrogens is 4. The van der Waals surface area contributed by atoms with E-state index in [1.165, 1.54) is 21.1 Å². The smallest absolute Gasteiger partial charge is 0.246 e. The first-order valence-corrected chi connectivity index (χ1v) is 30.2. The molecular formula is C61H74ClN9O10S2. The van der Waals surface area contributed by atoms with E-state index in [4.69, 9.17) is 45.0 Å². The van der Waals surface area contributed by atoms with Gasteiger partial charge in [0, 0.05) is 70.5 Å².